The zero-order valence-corrected chi connectivity index (χ0v) is 17.1. The molecule has 2 saturated heterocycles. The maximum Gasteiger partial charge on any atom is 0.410 e. The van der Waals surface area contributed by atoms with Crippen LogP contribution in [-0.4, -0.2) is 73.5 Å². The molecule has 0 spiro atoms. The molecule has 2 aliphatic heterocycles. The molecule has 0 atom stereocenters. The highest BCUT2D eigenvalue weighted by Crippen LogP contribution is 2.23. The number of carbonyl (C=O) groups is 1. The standard InChI is InChI=1S/C18H29N3O5S/c1-18(2,3)26-17(22)20-12-10-19(11-13-20)14-15-6-7-16(25-15)27(23,24)21-8-4-5-9-21/h6-7H,4-5,8-14H2,1-3H3. The Morgan fingerprint density at radius 2 is 1.70 bits per heavy atom. The molecule has 0 aromatic carbocycles. The zero-order chi connectivity index (χ0) is 19.7. The van der Waals surface area contributed by atoms with Gasteiger partial charge < -0.3 is 14.1 Å². The van der Waals surface area contributed by atoms with Crippen molar-refractivity contribution in [1.82, 2.24) is 14.1 Å². The van der Waals surface area contributed by atoms with Crippen molar-refractivity contribution < 1.29 is 22.4 Å². The van der Waals surface area contributed by atoms with Crippen LogP contribution >= 0.6 is 0 Å². The van der Waals surface area contributed by atoms with Crippen LogP contribution in [0, 0.1) is 0 Å². The van der Waals surface area contributed by atoms with Gasteiger partial charge in [0.25, 0.3) is 10.0 Å². The van der Waals surface area contributed by atoms with Gasteiger partial charge in [-0.25, -0.2) is 13.2 Å². The molecule has 1 aromatic rings. The third-order valence-corrected chi connectivity index (χ3v) is 6.47. The predicted octanol–water partition coefficient (Wildman–Crippen LogP) is 2.12. The molecule has 3 heterocycles. The van der Waals surface area contributed by atoms with E-state index in [1.165, 1.54) is 4.31 Å². The van der Waals surface area contributed by atoms with Crippen molar-refractivity contribution in [1.29, 1.82) is 0 Å². The van der Waals surface area contributed by atoms with Crippen LogP contribution in [0.25, 0.3) is 0 Å². The van der Waals surface area contributed by atoms with Gasteiger partial charge in [-0.2, -0.15) is 4.31 Å². The molecule has 0 unspecified atom stereocenters. The Bertz CT molecular complexity index is 754. The van der Waals surface area contributed by atoms with E-state index in [-0.39, 0.29) is 11.2 Å². The van der Waals surface area contributed by atoms with Crippen molar-refractivity contribution in [2.75, 3.05) is 39.3 Å². The van der Waals surface area contributed by atoms with Crippen LogP contribution in [0.3, 0.4) is 0 Å². The molecule has 27 heavy (non-hydrogen) atoms. The second kappa shape index (κ2) is 7.81. The molecule has 0 N–H and O–H groups in total. The molecule has 1 aromatic heterocycles. The van der Waals surface area contributed by atoms with Crippen molar-refractivity contribution in [2.24, 2.45) is 0 Å². The summed E-state index contributed by atoms with van der Waals surface area (Å²) in [5.74, 6) is 0.624. The molecular formula is C18H29N3O5S. The summed E-state index contributed by atoms with van der Waals surface area (Å²) in [5.41, 5.74) is -0.500. The highest BCUT2D eigenvalue weighted by molar-refractivity contribution is 7.89. The summed E-state index contributed by atoms with van der Waals surface area (Å²) in [6.45, 7) is 9.74. The third kappa shape index (κ3) is 5.03. The summed E-state index contributed by atoms with van der Waals surface area (Å²) >= 11 is 0. The second-order valence-corrected chi connectivity index (χ2v) is 9.94. The maximum atomic E-state index is 12.5. The van der Waals surface area contributed by atoms with Gasteiger partial charge in [-0.15, -0.1) is 0 Å². The molecular weight excluding hydrogens is 370 g/mol. The van der Waals surface area contributed by atoms with Gasteiger partial charge in [0.15, 0.2) is 0 Å². The number of ether oxygens (including phenoxy) is 1. The van der Waals surface area contributed by atoms with Gasteiger partial charge in [0.2, 0.25) is 5.09 Å². The summed E-state index contributed by atoms with van der Waals surface area (Å²) in [6, 6.07) is 3.27. The fourth-order valence-electron chi connectivity index (χ4n) is 3.27. The first-order chi connectivity index (χ1) is 12.6. The average Bonchev–Trinajstić information content (AvgIpc) is 3.26. The van der Waals surface area contributed by atoms with Gasteiger partial charge >= 0.3 is 6.09 Å². The normalized spacial score (nSPS) is 20.2. The van der Waals surface area contributed by atoms with Crippen LogP contribution < -0.4 is 0 Å². The number of rotatable bonds is 4. The number of furan rings is 1. The van der Waals surface area contributed by atoms with Gasteiger partial charge in [-0.05, 0) is 45.7 Å². The number of carbonyl (C=O) groups excluding carboxylic acids is 1. The van der Waals surface area contributed by atoms with Crippen LogP contribution in [0.15, 0.2) is 21.6 Å². The fourth-order valence-corrected chi connectivity index (χ4v) is 4.72. The SMILES string of the molecule is CC(C)(C)OC(=O)N1CCN(Cc2ccc(S(=O)(=O)N3CCCC3)o2)CC1. The lowest BCUT2D eigenvalue weighted by Gasteiger charge is -2.35. The molecule has 1 amide bonds. The first kappa shape index (κ1) is 20.2. The molecule has 2 fully saturated rings. The lowest BCUT2D eigenvalue weighted by molar-refractivity contribution is 0.0133. The van der Waals surface area contributed by atoms with Crippen LogP contribution in [0.5, 0.6) is 0 Å². The van der Waals surface area contributed by atoms with Gasteiger partial charge in [-0.1, -0.05) is 0 Å². The topological polar surface area (TPSA) is 83.3 Å². The van der Waals surface area contributed by atoms with Crippen molar-refractivity contribution in [3.63, 3.8) is 0 Å². The molecule has 0 saturated carbocycles. The van der Waals surface area contributed by atoms with E-state index >= 15 is 0 Å². The minimum Gasteiger partial charge on any atom is -0.447 e. The molecule has 0 radical (unpaired) electrons. The Kier molecular flexibility index (Phi) is 5.83. The van der Waals surface area contributed by atoms with E-state index in [0.29, 0.717) is 51.6 Å². The lowest BCUT2D eigenvalue weighted by atomic mass is 10.2. The summed E-state index contributed by atoms with van der Waals surface area (Å²) < 4.78 is 37.6. The number of amides is 1. The Labute approximate surface area is 161 Å². The molecule has 0 aliphatic carbocycles. The van der Waals surface area contributed by atoms with Crippen LogP contribution in [0.1, 0.15) is 39.4 Å². The first-order valence-electron chi connectivity index (χ1n) is 9.44. The van der Waals surface area contributed by atoms with E-state index in [1.807, 2.05) is 20.8 Å². The minimum atomic E-state index is -3.52. The maximum absolute atomic E-state index is 12.5. The van der Waals surface area contributed by atoms with Crippen LogP contribution in [-0.2, 0) is 21.3 Å². The van der Waals surface area contributed by atoms with Crippen molar-refractivity contribution >= 4 is 16.1 Å². The molecule has 2 aliphatic rings. The summed E-state index contributed by atoms with van der Waals surface area (Å²) in [6.07, 6.45) is 1.50. The zero-order valence-electron chi connectivity index (χ0n) is 16.3. The van der Waals surface area contributed by atoms with Gasteiger partial charge in [0.05, 0.1) is 6.54 Å². The van der Waals surface area contributed by atoms with E-state index < -0.39 is 15.6 Å². The lowest BCUT2D eigenvalue weighted by Crippen LogP contribution is -2.49. The predicted molar refractivity (Wildman–Crippen MR) is 99.8 cm³/mol. The number of piperazine rings is 1. The molecule has 8 nitrogen and oxygen atoms in total. The summed E-state index contributed by atoms with van der Waals surface area (Å²) in [5, 5.41) is 0.0202. The van der Waals surface area contributed by atoms with Crippen molar-refractivity contribution in [2.45, 2.75) is 50.9 Å². The van der Waals surface area contributed by atoms with Crippen molar-refractivity contribution in [3.05, 3.63) is 17.9 Å². The number of hydrogen-bond acceptors (Lipinski definition) is 6. The molecule has 152 valence electrons. The first-order valence-corrected chi connectivity index (χ1v) is 10.9. The summed E-state index contributed by atoms with van der Waals surface area (Å²) in [7, 11) is -3.52. The van der Waals surface area contributed by atoms with Gasteiger partial charge in [-0.3, -0.25) is 4.90 Å². The molecule has 3 rings (SSSR count). The van der Waals surface area contributed by atoms with Gasteiger partial charge in [0, 0.05) is 39.3 Å². The fraction of sp³-hybridized carbons (Fsp3) is 0.722. The van der Waals surface area contributed by atoms with Gasteiger partial charge in [0.1, 0.15) is 11.4 Å². The Morgan fingerprint density at radius 1 is 1.07 bits per heavy atom. The molecule has 9 heteroatoms. The average molecular weight is 400 g/mol. The van der Waals surface area contributed by atoms with E-state index in [9.17, 15) is 13.2 Å². The highest BCUT2D eigenvalue weighted by atomic mass is 32.2. The molecule has 0 bridgehead atoms. The Hall–Kier alpha value is -1.58. The quantitative estimate of drug-likeness (QED) is 0.771. The highest BCUT2D eigenvalue weighted by Gasteiger charge is 2.30. The number of hydrogen-bond donors (Lipinski definition) is 0. The second-order valence-electron chi connectivity index (χ2n) is 8.08. The van der Waals surface area contributed by atoms with E-state index in [0.717, 1.165) is 12.8 Å². The van der Waals surface area contributed by atoms with E-state index in [4.69, 9.17) is 9.15 Å². The number of nitrogens with zero attached hydrogens (tertiary/aromatic N) is 3. The summed E-state index contributed by atoms with van der Waals surface area (Å²) in [4.78, 5) is 16.0. The van der Waals surface area contributed by atoms with E-state index in [1.54, 1.807) is 17.0 Å². The number of sulfonamides is 1. The van der Waals surface area contributed by atoms with E-state index in [2.05, 4.69) is 4.90 Å². The minimum absolute atomic E-state index is 0.0202. The largest absolute Gasteiger partial charge is 0.447 e. The third-order valence-electron chi connectivity index (χ3n) is 4.70. The van der Waals surface area contributed by atoms with Crippen LogP contribution in [0.4, 0.5) is 4.79 Å². The Balaban J connectivity index is 1.53. The van der Waals surface area contributed by atoms with Crippen molar-refractivity contribution in [3.8, 4) is 0 Å². The smallest absolute Gasteiger partial charge is 0.410 e. The monoisotopic (exact) mass is 399 g/mol. The van der Waals surface area contributed by atoms with Crippen LogP contribution in [0.2, 0.25) is 0 Å². The Morgan fingerprint density at radius 3 is 2.30 bits per heavy atom.